The summed E-state index contributed by atoms with van der Waals surface area (Å²) in [6.45, 7) is 0.601. The third-order valence-electron chi connectivity index (χ3n) is 6.20. The van der Waals surface area contributed by atoms with Crippen molar-refractivity contribution in [1.82, 2.24) is 20.3 Å². The number of amides is 2. The minimum Gasteiger partial charge on any atom is -0.394 e. The minimum atomic E-state index is -1.79. The fraction of sp³-hybridized carbons (Fsp3) is 0.840. The van der Waals surface area contributed by atoms with Gasteiger partial charge in [0.25, 0.3) is 0 Å². The van der Waals surface area contributed by atoms with E-state index < -0.39 is 55.7 Å². The average Bonchev–Trinajstić information content (AvgIpc) is 3.38. The van der Waals surface area contributed by atoms with E-state index in [9.17, 15) is 35.1 Å². The van der Waals surface area contributed by atoms with Crippen molar-refractivity contribution in [2.24, 2.45) is 0 Å². The summed E-state index contributed by atoms with van der Waals surface area (Å²) in [5.41, 5.74) is 0. The first-order chi connectivity index (χ1) is 19.1. The first kappa shape index (κ1) is 36.2. The SMILES string of the molecule is CCCCCCCCCCC(=O)NC(CSCC(O)CO)C(=O)Nc1cn(C[C@H](O)[C@H](O)[C@H](O)[C@H](O)CO)nn1. The number of aliphatic hydroxyl groups excluding tert-OH is 7. The Kier molecular flexibility index (Phi) is 18.9. The van der Waals surface area contributed by atoms with Crippen molar-refractivity contribution in [3.63, 3.8) is 0 Å². The maximum absolute atomic E-state index is 12.9. The topological polar surface area (TPSA) is 231 Å². The molecule has 0 saturated heterocycles. The Morgan fingerprint density at radius 1 is 0.900 bits per heavy atom. The number of nitrogens with one attached hydrogen (secondary N) is 2. The van der Waals surface area contributed by atoms with Gasteiger partial charge in [0.05, 0.1) is 32.1 Å². The van der Waals surface area contributed by atoms with Gasteiger partial charge >= 0.3 is 0 Å². The zero-order chi connectivity index (χ0) is 29.9. The molecule has 0 aromatic carbocycles. The average molecular weight is 594 g/mol. The Bertz CT molecular complexity index is 834. The molecule has 0 aliphatic rings. The van der Waals surface area contributed by atoms with Gasteiger partial charge in [-0.2, -0.15) is 11.8 Å². The van der Waals surface area contributed by atoms with Crippen molar-refractivity contribution in [2.45, 2.75) is 108 Å². The lowest BCUT2D eigenvalue weighted by atomic mass is 10.0. The number of aliphatic hydroxyl groups is 7. The van der Waals surface area contributed by atoms with Crippen molar-refractivity contribution in [2.75, 3.05) is 30.0 Å². The van der Waals surface area contributed by atoms with Crippen molar-refractivity contribution in [1.29, 1.82) is 0 Å². The van der Waals surface area contributed by atoms with Crippen molar-refractivity contribution in [3.05, 3.63) is 6.20 Å². The van der Waals surface area contributed by atoms with Crippen LogP contribution >= 0.6 is 11.8 Å². The second kappa shape index (κ2) is 20.9. The summed E-state index contributed by atoms with van der Waals surface area (Å²) in [6, 6.07) is -0.954. The number of carbonyl (C=O) groups is 2. The van der Waals surface area contributed by atoms with Crippen LogP contribution in [-0.4, -0.2) is 124 Å². The summed E-state index contributed by atoms with van der Waals surface area (Å²) in [7, 11) is 0. The third-order valence-corrected chi connectivity index (χ3v) is 7.39. The summed E-state index contributed by atoms with van der Waals surface area (Å²) in [5.74, 6) is -0.550. The fourth-order valence-corrected chi connectivity index (χ4v) is 4.75. The molecule has 2 unspecified atom stereocenters. The van der Waals surface area contributed by atoms with Gasteiger partial charge in [0.2, 0.25) is 11.8 Å². The van der Waals surface area contributed by atoms with E-state index in [-0.39, 0.29) is 36.2 Å². The summed E-state index contributed by atoms with van der Waals surface area (Å²) in [5, 5.41) is 79.5. The van der Waals surface area contributed by atoms with Gasteiger partial charge in [-0.25, -0.2) is 4.68 Å². The lowest BCUT2D eigenvalue weighted by Crippen LogP contribution is -2.47. The predicted octanol–water partition coefficient (Wildman–Crippen LogP) is -1.25. The molecule has 0 fully saturated rings. The maximum Gasteiger partial charge on any atom is 0.249 e. The van der Waals surface area contributed by atoms with E-state index in [0.29, 0.717) is 6.42 Å². The Labute approximate surface area is 239 Å². The van der Waals surface area contributed by atoms with Crippen LogP contribution < -0.4 is 10.6 Å². The fourth-order valence-electron chi connectivity index (χ4n) is 3.76. The number of hydrogen-bond donors (Lipinski definition) is 9. The van der Waals surface area contributed by atoms with Crippen LogP contribution in [0.25, 0.3) is 0 Å². The molecule has 9 N–H and O–H groups in total. The van der Waals surface area contributed by atoms with Gasteiger partial charge < -0.3 is 46.4 Å². The molecule has 0 aliphatic heterocycles. The number of aromatic nitrogens is 3. The molecule has 1 aromatic rings. The molecular formula is C25H47N5O9S. The van der Waals surface area contributed by atoms with Crippen LogP contribution in [0.15, 0.2) is 6.20 Å². The predicted molar refractivity (Wildman–Crippen MR) is 149 cm³/mol. The number of hydrogen-bond acceptors (Lipinski definition) is 12. The molecule has 40 heavy (non-hydrogen) atoms. The summed E-state index contributed by atoms with van der Waals surface area (Å²) < 4.78 is 1.10. The summed E-state index contributed by atoms with van der Waals surface area (Å²) in [6.07, 6.45) is 2.47. The monoisotopic (exact) mass is 593 g/mol. The summed E-state index contributed by atoms with van der Waals surface area (Å²) in [4.78, 5) is 25.5. The second-order valence-corrected chi connectivity index (χ2v) is 10.9. The first-order valence-electron chi connectivity index (χ1n) is 13.8. The largest absolute Gasteiger partial charge is 0.394 e. The Morgan fingerprint density at radius 3 is 2.15 bits per heavy atom. The standard InChI is InChI=1S/C25H47N5O9S/c1-2-3-4-5-6-7-8-9-10-22(36)26-18(16-40-15-17(33)13-31)25(39)27-21-12-30(29-28-21)11-19(34)23(37)24(38)20(35)14-32/h12,17-20,23-24,31-35,37-38H,2-11,13-16H2,1H3,(H,26,36)(H,27,39)/t17?,18?,19-,20+,23-,24+/m0/s1. The second-order valence-electron chi connectivity index (χ2n) is 9.83. The summed E-state index contributed by atoms with van der Waals surface area (Å²) >= 11 is 1.19. The molecule has 6 atom stereocenters. The molecule has 2 amide bonds. The van der Waals surface area contributed by atoms with Crippen molar-refractivity contribution < 1.29 is 45.3 Å². The molecule has 0 radical (unpaired) electrons. The molecule has 1 heterocycles. The molecular weight excluding hydrogens is 546 g/mol. The number of anilines is 1. The van der Waals surface area contributed by atoms with Crippen molar-refractivity contribution >= 4 is 29.4 Å². The van der Waals surface area contributed by atoms with Gasteiger partial charge in [-0.15, -0.1) is 5.10 Å². The third kappa shape index (κ3) is 14.7. The van der Waals surface area contributed by atoms with Crippen LogP contribution in [0.5, 0.6) is 0 Å². The highest BCUT2D eigenvalue weighted by Crippen LogP contribution is 2.12. The molecule has 14 nitrogen and oxygen atoms in total. The molecule has 0 saturated carbocycles. The molecule has 1 rings (SSSR count). The highest BCUT2D eigenvalue weighted by molar-refractivity contribution is 7.99. The minimum absolute atomic E-state index is 0.00495. The Morgan fingerprint density at radius 2 is 1.52 bits per heavy atom. The molecule has 1 aromatic heterocycles. The number of thioether (sulfide) groups is 1. The van der Waals surface area contributed by atoms with Crippen LogP contribution in [0.1, 0.15) is 64.7 Å². The van der Waals surface area contributed by atoms with E-state index in [1.165, 1.54) is 43.6 Å². The molecule has 0 bridgehead atoms. The zero-order valence-corrected chi connectivity index (χ0v) is 24.0. The van der Waals surface area contributed by atoms with E-state index in [0.717, 1.165) is 23.9 Å². The van der Waals surface area contributed by atoms with E-state index in [1.807, 2.05) is 0 Å². The smallest absolute Gasteiger partial charge is 0.249 e. The van der Waals surface area contributed by atoms with E-state index in [2.05, 4.69) is 27.9 Å². The number of carbonyl (C=O) groups excluding carboxylic acids is 2. The highest BCUT2D eigenvalue weighted by Gasteiger charge is 2.30. The van der Waals surface area contributed by atoms with Gasteiger partial charge in [-0.3, -0.25) is 9.59 Å². The van der Waals surface area contributed by atoms with Gasteiger partial charge in [0.1, 0.15) is 30.5 Å². The highest BCUT2D eigenvalue weighted by atomic mass is 32.2. The lowest BCUT2D eigenvalue weighted by Gasteiger charge is -2.25. The lowest BCUT2D eigenvalue weighted by molar-refractivity contribution is -0.126. The first-order valence-corrected chi connectivity index (χ1v) is 15.0. The Hall–Kier alpha value is -1.85. The van der Waals surface area contributed by atoms with Crippen LogP contribution in [0.3, 0.4) is 0 Å². The zero-order valence-electron chi connectivity index (χ0n) is 23.1. The van der Waals surface area contributed by atoms with Gasteiger partial charge in [-0.1, -0.05) is 57.1 Å². The van der Waals surface area contributed by atoms with Gasteiger partial charge in [-0.05, 0) is 6.42 Å². The quantitative estimate of drug-likeness (QED) is 0.0678. The molecule has 15 heteroatoms. The van der Waals surface area contributed by atoms with Crippen LogP contribution in [0.4, 0.5) is 5.82 Å². The molecule has 232 valence electrons. The van der Waals surface area contributed by atoms with Crippen molar-refractivity contribution in [3.8, 4) is 0 Å². The molecule has 0 aliphatic carbocycles. The number of unbranched alkanes of at least 4 members (excludes halogenated alkanes) is 7. The van der Waals surface area contributed by atoms with E-state index in [1.54, 1.807) is 0 Å². The Balaban J connectivity index is 2.64. The van der Waals surface area contributed by atoms with E-state index in [4.69, 9.17) is 10.2 Å². The van der Waals surface area contributed by atoms with E-state index >= 15 is 0 Å². The van der Waals surface area contributed by atoms with Crippen LogP contribution in [-0.2, 0) is 16.1 Å². The normalized spacial score (nSPS) is 16.1. The van der Waals surface area contributed by atoms with Gasteiger partial charge in [0, 0.05) is 17.9 Å². The van der Waals surface area contributed by atoms with Crippen LogP contribution in [0.2, 0.25) is 0 Å². The number of nitrogens with zero attached hydrogens (tertiary/aromatic N) is 3. The maximum atomic E-state index is 12.9. The van der Waals surface area contributed by atoms with Gasteiger partial charge in [0.15, 0.2) is 5.82 Å². The number of rotatable bonds is 23. The van der Waals surface area contributed by atoms with Crippen LogP contribution in [0, 0.1) is 0 Å². The molecule has 0 spiro atoms.